The molecule has 9 nitrogen and oxygen atoms in total. The molecular formula is C51H55F39O9. The van der Waals surface area contributed by atoms with Crippen molar-refractivity contribution in [3.8, 4) is 17.2 Å². The molecule has 0 heterocycles. The Hall–Kier alpha value is -4.80. The fourth-order valence-corrected chi connectivity index (χ4v) is 7.76. The summed E-state index contributed by atoms with van der Waals surface area (Å²) in [5.74, 6) is -119. The lowest BCUT2D eigenvalue weighted by Gasteiger charge is -2.39. The quantitative estimate of drug-likeness (QED) is 0.0388. The minimum atomic E-state index is -8.22. The second-order valence-corrected chi connectivity index (χ2v) is 21.0. The lowest BCUT2D eigenvalue weighted by Crippen LogP contribution is -2.70. The minimum Gasteiger partial charge on any atom is -0.490 e. The molecule has 0 atom stereocenters. The molecule has 0 amide bonds. The summed E-state index contributed by atoms with van der Waals surface area (Å²) in [4.78, 5) is 13.3. The Kier molecular flexibility index (Phi) is 31.4. The van der Waals surface area contributed by atoms with Crippen LogP contribution in [0.4, 0.5) is 171 Å². The van der Waals surface area contributed by atoms with Crippen LogP contribution < -0.4 is 14.2 Å². The normalized spacial score (nSPS) is 14.9. The van der Waals surface area contributed by atoms with Gasteiger partial charge in [-0.15, -0.1) is 0 Å². The van der Waals surface area contributed by atoms with Gasteiger partial charge in [0.2, 0.25) is 5.75 Å². The Morgan fingerprint density at radius 3 is 0.768 bits per heavy atom. The first-order valence-electron chi connectivity index (χ1n) is 27.8. The molecule has 0 saturated carbocycles. The van der Waals surface area contributed by atoms with E-state index >= 15 is 0 Å². The number of alkyl halides is 39. The molecule has 0 aromatic heterocycles. The molecular weight excluding hydrogens is 1500 g/mol. The van der Waals surface area contributed by atoms with E-state index in [0.29, 0.717) is 12.1 Å². The number of benzene rings is 1. The third kappa shape index (κ3) is 20.1. The standard InChI is InChI=1S/C51H55F39O9/c52-34(53,37(58,59)40(64,65)43(70,71)46(76,77)49(82,83)84)13-7-1-4-10-17-96-30-27-29(33(92)99-26-25-95-24-23-94-22-21-93-20-16-91)28-31(97-18-11-5-2-8-14-35(54,55)38(60,61)41(66,67)44(72,73)47(78,79)50(85,86)87)32(30)98-19-12-6-3-9-15-36(56,57)39(62,63)42(68,69)45(74,75)48(80,81)51(88,89)90/h27-28,91H,1-26H2. The summed E-state index contributed by atoms with van der Waals surface area (Å²) in [6, 6.07) is 1.31. The highest BCUT2D eigenvalue weighted by molar-refractivity contribution is 5.91. The summed E-state index contributed by atoms with van der Waals surface area (Å²) in [5.41, 5.74) is -0.723. The van der Waals surface area contributed by atoms with Crippen LogP contribution in [0.15, 0.2) is 12.1 Å². The van der Waals surface area contributed by atoms with Gasteiger partial charge >= 0.3 is 113 Å². The number of ether oxygens (including phenoxy) is 7. The van der Waals surface area contributed by atoms with Crippen LogP contribution in [0.3, 0.4) is 0 Å². The van der Waals surface area contributed by atoms with E-state index in [4.69, 9.17) is 38.3 Å². The summed E-state index contributed by atoms with van der Waals surface area (Å²) >= 11 is 0. The molecule has 0 saturated heterocycles. The van der Waals surface area contributed by atoms with Crippen molar-refractivity contribution in [2.45, 2.75) is 204 Å². The van der Waals surface area contributed by atoms with Gasteiger partial charge in [-0.2, -0.15) is 171 Å². The van der Waals surface area contributed by atoms with Crippen LogP contribution >= 0.6 is 0 Å². The van der Waals surface area contributed by atoms with E-state index in [1.807, 2.05) is 0 Å². The van der Waals surface area contributed by atoms with Gasteiger partial charge in [-0.3, -0.25) is 0 Å². The lowest BCUT2D eigenvalue weighted by molar-refractivity contribution is -0.440. The Balaban J connectivity index is 3.63. The average Bonchev–Trinajstić information content (AvgIpc) is 0.726. The molecule has 0 bridgehead atoms. The van der Waals surface area contributed by atoms with E-state index in [1.165, 1.54) is 0 Å². The molecule has 0 unspecified atom stereocenters. The van der Waals surface area contributed by atoms with Gasteiger partial charge in [0.1, 0.15) is 6.61 Å². The zero-order valence-electron chi connectivity index (χ0n) is 49.5. The van der Waals surface area contributed by atoms with Crippen molar-refractivity contribution in [1.29, 1.82) is 0 Å². The van der Waals surface area contributed by atoms with Crippen LogP contribution in [-0.4, -0.2) is 191 Å². The number of carbonyl (C=O) groups excluding carboxylic acids is 1. The van der Waals surface area contributed by atoms with E-state index in [1.54, 1.807) is 0 Å². The maximum Gasteiger partial charge on any atom is 0.460 e. The van der Waals surface area contributed by atoms with Crippen LogP contribution in [0.5, 0.6) is 17.2 Å². The number of hydrogen-bond acceptors (Lipinski definition) is 9. The maximum absolute atomic E-state index is 14.4. The van der Waals surface area contributed by atoms with Gasteiger partial charge in [0.15, 0.2) is 11.5 Å². The van der Waals surface area contributed by atoms with Crippen molar-refractivity contribution in [3.63, 3.8) is 0 Å². The maximum atomic E-state index is 14.4. The second kappa shape index (κ2) is 33.8. The second-order valence-electron chi connectivity index (χ2n) is 21.0. The van der Waals surface area contributed by atoms with Crippen LogP contribution in [0.25, 0.3) is 0 Å². The van der Waals surface area contributed by atoms with Crippen molar-refractivity contribution in [3.05, 3.63) is 17.7 Å². The van der Waals surface area contributed by atoms with Crippen molar-refractivity contribution < 1.29 is 214 Å². The van der Waals surface area contributed by atoms with Crippen LogP contribution in [-0.2, 0) is 18.9 Å². The fourth-order valence-electron chi connectivity index (χ4n) is 7.76. The van der Waals surface area contributed by atoms with Crippen molar-refractivity contribution in [2.75, 3.05) is 72.7 Å². The van der Waals surface area contributed by atoms with E-state index in [0.717, 1.165) is 0 Å². The summed E-state index contributed by atoms with van der Waals surface area (Å²) < 4.78 is 566. The third-order valence-electron chi connectivity index (χ3n) is 13.6. The number of carbonyl (C=O) groups is 1. The molecule has 0 spiro atoms. The number of halogens is 39. The van der Waals surface area contributed by atoms with Gasteiger partial charge in [0.05, 0.1) is 71.6 Å². The van der Waals surface area contributed by atoms with Crippen LogP contribution in [0.1, 0.15) is 107 Å². The number of aliphatic hydroxyl groups is 1. The molecule has 1 N–H and O–H groups in total. The van der Waals surface area contributed by atoms with Gasteiger partial charge in [0.25, 0.3) is 0 Å². The lowest BCUT2D eigenvalue weighted by atomic mass is 9.91. The predicted octanol–water partition coefficient (Wildman–Crippen LogP) is 19.1. The summed E-state index contributed by atoms with van der Waals surface area (Å²) in [6.45, 7) is -4.38. The van der Waals surface area contributed by atoms with Gasteiger partial charge in [-0.1, -0.05) is 38.5 Å². The zero-order chi connectivity index (χ0) is 77.6. The Bertz CT molecular complexity index is 2510. The highest BCUT2D eigenvalue weighted by atomic mass is 19.5. The molecule has 0 fully saturated rings. The SMILES string of the molecule is O=C(OCCOCCOCCOCCO)c1cc(OCCCCCCC(F)(F)C(F)(F)C(F)(F)C(F)(F)C(F)(F)C(F)(F)F)c(OCCCCCCC(F)(F)C(F)(F)C(F)(F)C(F)(F)C(F)(F)C(F)(F)F)c(OCCCCCCC(F)(F)C(F)(F)C(F)(F)C(F)(F)C(F)(F)C(F)(F)F)c1. The topological polar surface area (TPSA) is 102 Å². The van der Waals surface area contributed by atoms with Crippen molar-refractivity contribution in [1.82, 2.24) is 0 Å². The Labute approximate surface area is 531 Å². The van der Waals surface area contributed by atoms with Gasteiger partial charge in [-0.25, -0.2) is 4.79 Å². The van der Waals surface area contributed by atoms with E-state index in [-0.39, 0.29) is 39.6 Å². The summed E-state index contributed by atoms with van der Waals surface area (Å²) in [5, 5.41) is 8.70. The smallest absolute Gasteiger partial charge is 0.460 e. The first-order chi connectivity index (χ1) is 44.4. The highest BCUT2D eigenvalue weighted by Gasteiger charge is 2.93. The average molecular weight is 1550 g/mol. The number of hydrogen-bond donors (Lipinski definition) is 1. The first kappa shape index (κ1) is 92.2. The molecule has 1 aromatic carbocycles. The van der Waals surface area contributed by atoms with E-state index < -0.39 is 265 Å². The number of rotatable bonds is 48. The van der Waals surface area contributed by atoms with Crippen LogP contribution in [0.2, 0.25) is 0 Å². The van der Waals surface area contributed by atoms with Crippen molar-refractivity contribution in [2.24, 2.45) is 0 Å². The zero-order valence-corrected chi connectivity index (χ0v) is 49.5. The molecule has 0 aliphatic rings. The number of esters is 1. The number of aliphatic hydroxyl groups excluding tert-OH is 1. The third-order valence-corrected chi connectivity index (χ3v) is 13.6. The molecule has 0 radical (unpaired) electrons. The summed E-state index contributed by atoms with van der Waals surface area (Å²) in [6.07, 6.45) is -41.9. The summed E-state index contributed by atoms with van der Waals surface area (Å²) in [7, 11) is 0. The molecule has 1 aromatic rings. The highest BCUT2D eigenvalue weighted by Crippen LogP contribution is 2.64. The molecule has 586 valence electrons. The van der Waals surface area contributed by atoms with E-state index in [2.05, 4.69) is 0 Å². The minimum absolute atomic E-state index is 0.000885. The van der Waals surface area contributed by atoms with Gasteiger partial charge in [0, 0.05) is 19.3 Å². The molecule has 48 heteroatoms. The Morgan fingerprint density at radius 2 is 0.505 bits per heavy atom. The molecule has 0 aliphatic carbocycles. The van der Waals surface area contributed by atoms with E-state index in [9.17, 15) is 176 Å². The molecule has 99 heavy (non-hydrogen) atoms. The number of unbranched alkanes of at least 4 members (excludes halogenated alkanes) is 9. The molecule has 0 aliphatic heterocycles. The monoisotopic (exact) mass is 1550 g/mol. The fraction of sp³-hybridized carbons (Fsp3) is 0.863. The van der Waals surface area contributed by atoms with Gasteiger partial charge < -0.3 is 38.3 Å². The van der Waals surface area contributed by atoms with Crippen LogP contribution in [0, 0.1) is 0 Å². The van der Waals surface area contributed by atoms with Crippen molar-refractivity contribution >= 4 is 5.97 Å². The first-order valence-corrected chi connectivity index (χ1v) is 27.8. The molecule has 1 rings (SSSR count). The predicted molar refractivity (Wildman–Crippen MR) is 254 cm³/mol. The Morgan fingerprint density at radius 1 is 0.273 bits per heavy atom. The largest absolute Gasteiger partial charge is 0.490 e. The van der Waals surface area contributed by atoms with Gasteiger partial charge in [-0.05, 0) is 50.7 Å².